The van der Waals surface area contributed by atoms with Crippen LogP contribution in [0.4, 0.5) is 4.79 Å². The number of sulfone groups is 1. The van der Waals surface area contributed by atoms with Gasteiger partial charge in [0, 0.05) is 19.1 Å². The Balaban J connectivity index is 2.63. The van der Waals surface area contributed by atoms with Crippen LogP contribution in [0.15, 0.2) is 0 Å². The Bertz CT molecular complexity index is 393. The molecule has 0 radical (unpaired) electrons. The molecule has 5 nitrogen and oxygen atoms in total. The predicted molar refractivity (Wildman–Crippen MR) is 76.9 cm³/mol. The van der Waals surface area contributed by atoms with E-state index < -0.39 is 9.84 Å². The molecule has 1 fully saturated rings. The number of unbranched alkanes of at least 4 members (excludes halogenated alkanes) is 1. The standard InChI is InChI=1S/C13H26N2O3S/c1-4-5-7-15(13(16)14-9-11(2)3)12-6-8-19(17,18)10-12/h11-12H,4-10H2,1-3H3,(H,14,16)/t12-/m0/s1. The summed E-state index contributed by atoms with van der Waals surface area (Å²) >= 11 is 0. The predicted octanol–water partition coefficient (Wildman–Crippen LogP) is 1.64. The maximum absolute atomic E-state index is 12.2. The van der Waals surface area contributed by atoms with Crippen LogP contribution < -0.4 is 5.32 Å². The Labute approximate surface area is 116 Å². The van der Waals surface area contributed by atoms with E-state index in [1.807, 2.05) is 13.8 Å². The fourth-order valence-electron chi connectivity index (χ4n) is 2.19. The second kappa shape index (κ2) is 7.12. The Hall–Kier alpha value is -0.780. The lowest BCUT2D eigenvalue weighted by molar-refractivity contribution is 0.178. The topological polar surface area (TPSA) is 66.5 Å². The first kappa shape index (κ1) is 16.3. The molecule has 0 aromatic heterocycles. The third kappa shape index (κ3) is 5.38. The minimum atomic E-state index is -2.95. The molecule has 0 spiro atoms. The average molecular weight is 290 g/mol. The zero-order chi connectivity index (χ0) is 14.5. The van der Waals surface area contributed by atoms with E-state index in [1.165, 1.54) is 0 Å². The van der Waals surface area contributed by atoms with Gasteiger partial charge < -0.3 is 10.2 Å². The lowest BCUT2D eigenvalue weighted by atomic mass is 10.2. The summed E-state index contributed by atoms with van der Waals surface area (Å²) in [5.74, 6) is 0.716. The van der Waals surface area contributed by atoms with Crippen molar-refractivity contribution in [1.29, 1.82) is 0 Å². The number of carbonyl (C=O) groups is 1. The lowest BCUT2D eigenvalue weighted by Crippen LogP contribution is -2.48. The maximum Gasteiger partial charge on any atom is 0.317 e. The molecular weight excluding hydrogens is 264 g/mol. The Morgan fingerprint density at radius 2 is 2.11 bits per heavy atom. The van der Waals surface area contributed by atoms with Crippen molar-refractivity contribution in [1.82, 2.24) is 10.2 Å². The van der Waals surface area contributed by atoms with Crippen LogP contribution in [0.25, 0.3) is 0 Å². The van der Waals surface area contributed by atoms with Crippen LogP contribution in [0.5, 0.6) is 0 Å². The van der Waals surface area contributed by atoms with E-state index in [0.717, 1.165) is 12.8 Å². The van der Waals surface area contributed by atoms with Crippen molar-refractivity contribution in [3.05, 3.63) is 0 Å². The van der Waals surface area contributed by atoms with Gasteiger partial charge in [-0.3, -0.25) is 0 Å². The van der Waals surface area contributed by atoms with Crippen molar-refractivity contribution < 1.29 is 13.2 Å². The van der Waals surface area contributed by atoms with E-state index in [4.69, 9.17) is 0 Å². The monoisotopic (exact) mass is 290 g/mol. The van der Waals surface area contributed by atoms with Crippen molar-refractivity contribution in [3.8, 4) is 0 Å². The molecule has 0 bridgehead atoms. The molecule has 1 aliphatic heterocycles. The van der Waals surface area contributed by atoms with Gasteiger partial charge in [-0.25, -0.2) is 13.2 Å². The molecule has 19 heavy (non-hydrogen) atoms. The van der Waals surface area contributed by atoms with Gasteiger partial charge in [-0.05, 0) is 18.8 Å². The first-order valence-corrected chi connectivity index (χ1v) is 8.92. The minimum Gasteiger partial charge on any atom is -0.338 e. The molecule has 1 saturated heterocycles. The van der Waals surface area contributed by atoms with Crippen molar-refractivity contribution in [2.24, 2.45) is 5.92 Å². The summed E-state index contributed by atoms with van der Waals surface area (Å²) in [5, 5.41) is 2.89. The fraction of sp³-hybridized carbons (Fsp3) is 0.923. The molecule has 112 valence electrons. The molecule has 0 unspecified atom stereocenters. The highest BCUT2D eigenvalue weighted by atomic mass is 32.2. The zero-order valence-electron chi connectivity index (χ0n) is 12.2. The minimum absolute atomic E-state index is 0.117. The Morgan fingerprint density at radius 3 is 2.58 bits per heavy atom. The summed E-state index contributed by atoms with van der Waals surface area (Å²) in [4.78, 5) is 13.9. The van der Waals surface area contributed by atoms with Crippen molar-refractivity contribution in [3.63, 3.8) is 0 Å². The van der Waals surface area contributed by atoms with Crippen LogP contribution in [0, 0.1) is 5.92 Å². The number of nitrogens with one attached hydrogen (secondary N) is 1. The van der Waals surface area contributed by atoms with Gasteiger partial charge in [0.1, 0.15) is 0 Å². The lowest BCUT2D eigenvalue weighted by Gasteiger charge is -2.28. The summed E-state index contributed by atoms with van der Waals surface area (Å²) in [7, 11) is -2.95. The van der Waals surface area contributed by atoms with Crippen molar-refractivity contribution >= 4 is 15.9 Å². The molecule has 0 aliphatic carbocycles. The van der Waals surface area contributed by atoms with E-state index >= 15 is 0 Å². The SMILES string of the molecule is CCCCN(C(=O)NCC(C)C)[C@H]1CCS(=O)(=O)C1. The van der Waals surface area contributed by atoms with Crippen LogP contribution in [0.3, 0.4) is 0 Å². The van der Waals surface area contributed by atoms with Gasteiger partial charge in [-0.1, -0.05) is 27.2 Å². The van der Waals surface area contributed by atoms with Gasteiger partial charge in [-0.2, -0.15) is 0 Å². The summed E-state index contributed by atoms with van der Waals surface area (Å²) in [5.41, 5.74) is 0. The molecule has 1 atom stereocenters. The maximum atomic E-state index is 12.2. The fourth-order valence-corrected chi connectivity index (χ4v) is 3.92. The number of rotatable bonds is 6. The first-order chi connectivity index (χ1) is 8.85. The summed E-state index contributed by atoms with van der Waals surface area (Å²) in [6, 6.07) is -0.270. The molecule has 0 aromatic rings. The summed E-state index contributed by atoms with van der Waals surface area (Å²) < 4.78 is 23.1. The van der Waals surface area contributed by atoms with Crippen LogP contribution in [-0.4, -0.2) is 50.0 Å². The quantitative estimate of drug-likeness (QED) is 0.808. The van der Waals surface area contributed by atoms with Crippen LogP contribution >= 0.6 is 0 Å². The number of hydrogen-bond acceptors (Lipinski definition) is 3. The molecule has 1 heterocycles. The summed E-state index contributed by atoms with van der Waals surface area (Å²) in [6.07, 6.45) is 2.47. The van der Waals surface area contributed by atoms with Crippen molar-refractivity contribution in [2.75, 3.05) is 24.6 Å². The van der Waals surface area contributed by atoms with Gasteiger partial charge in [0.2, 0.25) is 0 Å². The number of hydrogen-bond donors (Lipinski definition) is 1. The largest absolute Gasteiger partial charge is 0.338 e. The number of carbonyl (C=O) groups excluding carboxylic acids is 1. The van der Waals surface area contributed by atoms with E-state index in [-0.39, 0.29) is 23.6 Å². The second-order valence-corrected chi connectivity index (χ2v) is 7.91. The smallest absolute Gasteiger partial charge is 0.317 e. The van der Waals surface area contributed by atoms with Crippen LogP contribution in [0.1, 0.15) is 40.0 Å². The number of nitrogens with zero attached hydrogens (tertiary/aromatic N) is 1. The number of amides is 2. The van der Waals surface area contributed by atoms with Crippen molar-refractivity contribution in [2.45, 2.75) is 46.1 Å². The summed E-state index contributed by atoms with van der Waals surface area (Å²) in [6.45, 7) is 7.41. The highest BCUT2D eigenvalue weighted by molar-refractivity contribution is 7.91. The third-order valence-electron chi connectivity index (χ3n) is 3.32. The highest BCUT2D eigenvalue weighted by Crippen LogP contribution is 2.18. The molecule has 6 heteroatoms. The molecule has 2 amide bonds. The average Bonchev–Trinajstić information content (AvgIpc) is 2.67. The molecule has 0 saturated carbocycles. The Morgan fingerprint density at radius 1 is 1.42 bits per heavy atom. The van der Waals surface area contributed by atoms with E-state index in [0.29, 0.717) is 25.4 Å². The molecule has 1 aliphatic rings. The Kier molecular flexibility index (Phi) is 6.10. The zero-order valence-corrected chi connectivity index (χ0v) is 13.0. The molecule has 1 N–H and O–H groups in total. The van der Waals surface area contributed by atoms with E-state index in [9.17, 15) is 13.2 Å². The third-order valence-corrected chi connectivity index (χ3v) is 5.07. The van der Waals surface area contributed by atoms with E-state index in [1.54, 1.807) is 4.90 Å². The highest BCUT2D eigenvalue weighted by Gasteiger charge is 2.34. The van der Waals surface area contributed by atoms with Gasteiger partial charge >= 0.3 is 6.03 Å². The van der Waals surface area contributed by atoms with Gasteiger partial charge in [0.15, 0.2) is 9.84 Å². The normalized spacial score (nSPS) is 21.6. The van der Waals surface area contributed by atoms with Gasteiger partial charge in [0.25, 0.3) is 0 Å². The first-order valence-electron chi connectivity index (χ1n) is 7.10. The number of urea groups is 1. The molecular formula is C13H26N2O3S. The van der Waals surface area contributed by atoms with Gasteiger partial charge in [-0.15, -0.1) is 0 Å². The van der Waals surface area contributed by atoms with Crippen LogP contribution in [-0.2, 0) is 9.84 Å². The van der Waals surface area contributed by atoms with Gasteiger partial charge in [0.05, 0.1) is 11.5 Å². The second-order valence-electron chi connectivity index (χ2n) is 5.68. The van der Waals surface area contributed by atoms with Crippen LogP contribution in [0.2, 0.25) is 0 Å². The molecule has 0 aromatic carbocycles. The molecule has 1 rings (SSSR count). The van der Waals surface area contributed by atoms with E-state index in [2.05, 4.69) is 12.2 Å².